The molecule has 144 valence electrons. The molecule has 28 heavy (non-hydrogen) atoms. The number of carbonyl (C=O) groups is 1. The molecular weight excluding hydrogens is 374 g/mol. The molecule has 0 saturated heterocycles. The summed E-state index contributed by atoms with van der Waals surface area (Å²) in [5.74, 6) is -0.782. The Hall–Kier alpha value is -3.42. The number of hydrogen-bond donors (Lipinski definition) is 2. The Labute approximate surface area is 158 Å². The van der Waals surface area contributed by atoms with E-state index in [9.17, 15) is 22.4 Å². The molecule has 3 aromatic rings. The minimum absolute atomic E-state index is 0.150. The molecule has 0 radical (unpaired) electrons. The summed E-state index contributed by atoms with van der Waals surface area (Å²) in [6, 6.07) is 13.5. The summed E-state index contributed by atoms with van der Waals surface area (Å²) in [6.07, 6.45) is -3.07. The SMILES string of the molecule is O=C(NCc1ccc(F)cc1)c1ccc(Nc2cccc(C(F)(F)F)c2)cn1. The predicted octanol–water partition coefficient (Wildman–Crippen LogP) is 4.91. The normalized spacial score (nSPS) is 11.1. The van der Waals surface area contributed by atoms with E-state index in [-0.39, 0.29) is 23.7 Å². The van der Waals surface area contributed by atoms with Crippen molar-refractivity contribution in [1.29, 1.82) is 0 Å². The number of nitrogens with zero attached hydrogens (tertiary/aromatic N) is 1. The van der Waals surface area contributed by atoms with Crippen LogP contribution in [0.15, 0.2) is 66.9 Å². The molecule has 4 nitrogen and oxygen atoms in total. The van der Waals surface area contributed by atoms with E-state index in [2.05, 4.69) is 15.6 Å². The maximum absolute atomic E-state index is 12.9. The number of amides is 1. The average Bonchev–Trinajstić information content (AvgIpc) is 2.67. The van der Waals surface area contributed by atoms with Crippen LogP contribution in [-0.2, 0) is 12.7 Å². The fourth-order valence-electron chi connectivity index (χ4n) is 2.42. The number of hydrogen-bond acceptors (Lipinski definition) is 3. The highest BCUT2D eigenvalue weighted by Crippen LogP contribution is 2.31. The third-order valence-electron chi connectivity index (χ3n) is 3.84. The predicted molar refractivity (Wildman–Crippen MR) is 96.5 cm³/mol. The summed E-state index contributed by atoms with van der Waals surface area (Å²) in [5, 5.41) is 5.47. The molecule has 0 bridgehead atoms. The van der Waals surface area contributed by atoms with Gasteiger partial charge in [0.05, 0.1) is 17.4 Å². The number of pyridine rings is 1. The van der Waals surface area contributed by atoms with E-state index < -0.39 is 17.6 Å². The molecule has 0 atom stereocenters. The maximum Gasteiger partial charge on any atom is 0.416 e. The minimum Gasteiger partial charge on any atom is -0.354 e. The summed E-state index contributed by atoms with van der Waals surface area (Å²) in [4.78, 5) is 16.1. The van der Waals surface area contributed by atoms with E-state index in [1.165, 1.54) is 36.5 Å². The van der Waals surface area contributed by atoms with Crippen LogP contribution in [-0.4, -0.2) is 10.9 Å². The maximum atomic E-state index is 12.9. The zero-order chi connectivity index (χ0) is 20.1. The van der Waals surface area contributed by atoms with Gasteiger partial charge in [-0.2, -0.15) is 13.2 Å². The van der Waals surface area contributed by atoms with Crippen LogP contribution in [0.2, 0.25) is 0 Å². The summed E-state index contributed by atoms with van der Waals surface area (Å²) in [6.45, 7) is 0.213. The van der Waals surface area contributed by atoms with Crippen molar-refractivity contribution >= 4 is 17.3 Å². The van der Waals surface area contributed by atoms with Crippen molar-refractivity contribution in [3.05, 3.63) is 89.5 Å². The second kappa shape index (κ2) is 8.08. The number of carbonyl (C=O) groups excluding carboxylic acids is 1. The fourth-order valence-corrected chi connectivity index (χ4v) is 2.42. The first kappa shape index (κ1) is 19.3. The lowest BCUT2D eigenvalue weighted by Gasteiger charge is -2.11. The standard InChI is InChI=1S/C20H15F4N3O/c21-15-6-4-13(5-7-15)11-26-19(28)18-9-8-17(12-25-18)27-16-3-1-2-14(10-16)20(22,23)24/h1-10,12,27H,11H2,(H,26,28). The average molecular weight is 389 g/mol. The molecule has 0 spiro atoms. The lowest BCUT2D eigenvalue weighted by Crippen LogP contribution is -2.23. The second-order valence-corrected chi connectivity index (χ2v) is 5.94. The molecule has 0 unspecified atom stereocenters. The van der Waals surface area contributed by atoms with Gasteiger partial charge in [-0.15, -0.1) is 0 Å². The highest BCUT2D eigenvalue weighted by Gasteiger charge is 2.30. The van der Waals surface area contributed by atoms with Crippen LogP contribution in [0.1, 0.15) is 21.6 Å². The first-order valence-electron chi connectivity index (χ1n) is 8.24. The summed E-state index contributed by atoms with van der Waals surface area (Å²) in [7, 11) is 0. The molecule has 2 aromatic carbocycles. The van der Waals surface area contributed by atoms with Gasteiger partial charge in [0, 0.05) is 12.2 Å². The molecule has 2 N–H and O–H groups in total. The summed E-state index contributed by atoms with van der Waals surface area (Å²) in [5.41, 5.74) is 0.816. The fraction of sp³-hybridized carbons (Fsp3) is 0.100. The van der Waals surface area contributed by atoms with Crippen molar-refractivity contribution in [3.63, 3.8) is 0 Å². The molecule has 0 aliphatic carbocycles. The molecule has 1 heterocycles. The van der Waals surface area contributed by atoms with Gasteiger partial charge in [0.1, 0.15) is 11.5 Å². The van der Waals surface area contributed by atoms with E-state index in [4.69, 9.17) is 0 Å². The number of rotatable bonds is 5. The lowest BCUT2D eigenvalue weighted by molar-refractivity contribution is -0.137. The van der Waals surface area contributed by atoms with Crippen molar-refractivity contribution in [2.75, 3.05) is 5.32 Å². The molecule has 0 saturated carbocycles. The summed E-state index contributed by atoms with van der Waals surface area (Å²) >= 11 is 0. The molecule has 3 rings (SSSR count). The lowest BCUT2D eigenvalue weighted by atomic mass is 10.2. The van der Waals surface area contributed by atoms with Crippen LogP contribution >= 0.6 is 0 Å². The smallest absolute Gasteiger partial charge is 0.354 e. The van der Waals surface area contributed by atoms with Gasteiger partial charge in [0.2, 0.25) is 0 Å². The Morgan fingerprint density at radius 2 is 1.71 bits per heavy atom. The molecule has 8 heteroatoms. The first-order chi connectivity index (χ1) is 13.3. The van der Waals surface area contributed by atoms with Gasteiger partial charge in [-0.05, 0) is 48.0 Å². The zero-order valence-corrected chi connectivity index (χ0v) is 14.4. The van der Waals surface area contributed by atoms with Gasteiger partial charge in [0.25, 0.3) is 5.91 Å². The van der Waals surface area contributed by atoms with Gasteiger partial charge in [-0.3, -0.25) is 4.79 Å². The number of nitrogens with one attached hydrogen (secondary N) is 2. The molecule has 1 aromatic heterocycles. The number of benzene rings is 2. The highest BCUT2D eigenvalue weighted by molar-refractivity contribution is 5.92. The van der Waals surface area contributed by atoms with E-state index in [1.54, 1.807) is 18.2 Å². The summed E-state index contributed by atoms with van der Waals surface area (Å²) < 4.78 is 51.1. The molecule has 0 fully saturated rings. The van der Waals surface area contributed by atoms with E-state index in [1.807, 2.05) is 0 Å². The van der Waals surface area contributed by atoms with Gasteiger partial charge in [-0.25, -0.2) is 9.37 Å². The number of aromatic nitrogens is 1. The van der Waals surface area contributed by atoms with Crippen molar-refractivity contribution in [2.24, 2.45) is 0 Å². The number of anilines is 2. The van der Waals surface area contributed by atoms with E-state index in [0.29, 0.717) is 5.69 Å². The first-order valence-corrected chi connectivity index (χ1v) is 8.24. The molecule has 0 aliphatic rings. The molecular formula is C20H15F4N3O. The van der Waals surface area contributed by atoms with E-state index >= 15 is 0 Å². The van der Waals surface area contributed by atoms with Crippen LogP contribution < -0.4 is 10.6 Å². The monoisotopic (exact) mass is 389 g/mol. The van der Waals surface area contributed by atoms with Gasteiger partial charge < -0.3 is 10.6 Å². The van der Waals surface area contributed by atoms with E-state index in [0.717, 1.165) is 17.7 Å². The third-order valence-corrected chi connectivity index (χ3v) is 3.84. The number of alkyl halides is 3. The van der Waals surface area contributed by atoms with Gasteiger partial charge in [-0.1, -0.05) is 18.2 Å². The Kier molecular flexibility index (Phi) is 5.58. The highest BCUT2D eigenvalue weighted by atomic mass is 19.4. The topological polar surface area (TPSA) is 54.0 Å². The Morgan fingerprint density at radius 1 is 0.964 bits per heavy atom. The van der Waals surface area contributed by atoms with Crippen molar-refractivity contribution in [1.82, 2.24) is 10.3 Å². The van der Waals surface area contributed by atoms with Crippen LogP contribution in [0.5, 0.6) is 0 Å². The third kappa shape index (κ3) is 5.06. The van der Waals surface area contributed by atoms with Crippen molar-refractivity contribution in [3.8, 4) is 0 Å². The second-order valence-electron chi connectivity index (χ2n) is 5.94. The quantitative estimate of drug-likeness (QED) is 0.610. The Morgan fingerprint density at radius 3 is 2.36 bits per heavy atom. The molecule has 0 aliphatic heterocycles. The van der Waals surface area contributed by atoms with Crippen LogP contribution in [0.25, 0.3) is 0 Å². The van der Waals surface area contributed by atoms with Gasteiger partial charge >= 0.3 is 6.18 Å². The van der Waals surface area contributed by atoms with Crippen molar-refractivity contribution in [2.45, 2.75) is 12.7 Å². The van der Waals surface area contributed by atoms with Crippen LogP contribution in [0.3, 0.4) is 0 Å². The zero-order valence-electron chi connectivity index (χ0n) is 14.4. The minimum atomic E-state index is -4.43. The number of halogens is 4. The van der Waals surface area contributed by atoms with Crippen molar-refractivity contribution < 1.29 is 22.4 Å². The van der Waals surface area contributed by atoms with Crippen LogP contribution in [0.4, 0.5) is 28.9 Å². The molecule has 1 amide bonds. The van der Waals surface area contributed by atoms with Crippen LogP contribution in [0, 0.1) is 5.82 Å². The van der Waals surface area contributed by atoms with Gasteiger partial charge in [0.15, 0.2) is 0 Å². The largest absolute Gasteiger partial charge is 0.416 e. The Balaban J connectivity index is 1.61. The Bertz CT molecular complexity index is 954.